The Morgan fingerprint density at radius 3 is 2.31 bits per heavy atom. The smallest absolute Gasteiger partial charge is 0.306 e. The molecule has 3 N–H and O–H groups in total. The molecule has 0 aromatic heterocycles. The largest absolute Gasteiger partial charge is 0.481 e. The van der Waals surface area contributed by atoms with Gasteiger partial charge in [0.25, 0.3) is 0 Å². The molecule has 0 radical (unpaired) electrons. The first-order valence-corrected chi connectivity index (χ1v) is 4.90. The summed E-state index contributed by atoms with van der Waals surface area (Å²) in [6.45, 7) is 0.231. The van der Waals surface area contributed by atoms with Gasteiger partial charge in [0.05, 0.1) is 5.92 Å². The number of carbonyl (C=O) groups is 1. The minimum absolute atomic E-state index is 0.0845. The van der Waals surface area contributed by atoms with E-state index in [1.54, 1.807) is 0 Å². The van der Waals surface area contributed by atoms with E-state index in [-0.39, 0.29) is 19.4 Å². The third-order valence-corrected chi connectivity index (χ3v) is 2.27. The molecule has 0 saturated heterocycles. The van der Waals surface area contributed by atoms with Crippen LogP contribution in [0.4, 0.5) is 8.78 Å². The van der Waals surface area contributed by atoms with E-state index in [4.69, 9.17) is 10.8 Å². The molecule has 5 heteroatoms. The highest BCUT2D eigenvalue weighted by molar-refractivity contribution is 5.70. The third-order valence-electron chi connectivity index (χ3n) is 2.27. The molecular formula is C11H13F2NO2. The van der Waals surface area contributed by atoms with Crippen LogP contribution in [0.2, 0.25) is 0 Å². The number of rotatable bonds is 5. The van der Waals surface area contributed by atoms with Gasteiger partial charge in [0.1, 0.15) is 11.6 Å². The first-order chi connectivity index (χ1) is 7.52. The summed E-state index contributed by atoms with van der Waals surface area (Å²) in [5.74, 6) is -3.11. The van der Waals surface area contributed by atoms with Gasteiger partial charge in [-0.3, -0.25) is 4.79 Å². The maximum Gasteiger partial charge on any atom is 0.306 e. The van der Waals surface area contributed by atoms with Crippen LogP contribution in [-0.4, -0.2) is 17.6 Å². The molecule has 1 rings (SSSR count). The molecule has 0 aliphatic carbocycles. The summed E-state index contributed by atoms with van der Waals surface area (Å²) in [5.41, 5.74) is 5.60. The number of carboxylic acids is 1. The molecule has 0 heterocycles. The van der Waals surface area contributed by atoms with Gasteiger partial charge < -0.3 is 10.8 Å². The average molecular weight is 229 g/mol. The lowest BCUT2D eigenvalue weighted by Gasteiger charge is -2.11. The van der Waals surface area contributed by atoms with Crippen molar-refractivity contribution in [2.24, 2.45) is 11.7 Å². The van der Waals surface area contributed by atoms with Crippen molar-refractivity contribution < 1.29 is 18.7 Å². The maximum absolute atomic E-state index is 12.9. The molecule has 0 spiro atoms. The Bertz CT molecular complexity index is 362. The topological polar surface area (TPSA) is 63.3 Å². The van der Waals surface area contributed by atoms with Gasteiger partial charge in [-0.25, -0.2) is 8.78 Å². The molecule has 1 aromatic carbocycles. The molecule has 1 aromatic rings. The summed E-state index contributed by atoms with van der Waals surface area (Å²) < 4.78 is 25.7. The van der Waals surface area contributed by atoms with Gasteiger partial charge in [0.15, 0.2) is 0 Å². The lowest BCUT2D eigenvalue weighted by molar-refractivity contribution is -0.141. The van der Waals surface area contributed by atoms with Crippen molar-refractivity contribution in [1.29, 1.82) is 0 Å². The van der Waals surface area contributed by atoms with Crippen LogP contribution in [0.15, 0.2) is 18.2 Å². The maximum atomic E-state index is 12.9. The number of nitrogens with two attached hydrogens (primary N) is 1. The second kappa shape index (κ2) is 5.55. The minimum atomic E-state index is -1.00. The molecule has 0 aliphatic heterocycles. The highest BCUT2D eigenvalue weighted by Gasteiger charge is 2.17. The standard InChI is InChI=1S/C11H13F2NO2/c12-9-4-7(5-10(13)6-9)3-8(1-2-14)11(15)16/h4-6,8H,1-3,14H2,(H,15,16). The van der Waals surface area contributed by atoms with Crippen molar-refractivity contribution in [2.45, 2.75) is 12.8 Å². The van der Waals surface area contributed by atoms with E-state index < -0.39 is 23.5 Å². The summed E-state index contributed by atoms with van der Waals surface area (Å²) >= 11 is 0. The van der Waals surface area contributed by atoms with Crippen LogP contribution in [0.25, 0.3) is 0 Å². The Morgan fingerprint density at radius 1 is 1.31 bits per heavy atom. The monoisotopic (exact) mass is 229 g/mol. The minimum Gasteiger partial charge on any atom is -0.481 e. The molecule has 3 nitrogen and oxygen atoms in total. The molecule has 88 valence electrons. The SMILES string of the molecule is NCCC(Cc1cc(F)cc(F)c1)C(=O)O. The molecule has 0 saturated carbocycles. The lowest BCUT2D eigenvalue weighted by Crippen LogP contribution is -2.20. The zero-order valence-electron chi connectivity index (χ0n) is 8.62. The quantitative estimate of drug-likeness (QED) is 0.805. The Balaban J connectivity index is 2.80. The summed E-state index contributed by atoms with van der Waals surface area (Å²) in [6.07, 6.45) is 0.370. The molecule has 0 fully saturated rings. The Labute approximate surface area is 91.9 Å². The van der Waals surface area contributed by atoms with Gasteiger partial charge in [0, 0.05) is 6.07 Å². The third kappa shape index (κ3) is 3.58. The van der Waals surface area contributed by atoms with Crippen molar-refractivity contribution in [1.82, 2.24) is 0 Å². The fourth-order valence-corrected chi connectivity index (χ4v) is 1.53. The summed E-state index contributed by atoms with van der Waals surface area (Å²) in [5, 5.41) is 8.86. The summed E-state index contributed by atoms with van der Waals surface area (Å²) in [6, 6.07) is 3.02. The highest BCUT2D eigenvalue weighted by Crippen LogP contribution is 2.15. The summed E-state index contributed by atoms with van der Waals surface area (Å²) in [7, 11) is 0. The van der Waals surface area contributed by atoms with E-state index in [0.29, 0.717) is 5.56 Å². The van der Waals surface area contributed by atoms with E-state index in [1.807, 2.05) is 0 Å². The Hall–Kier alpha value is -1.49. The zero-order valence-corrected chi connectivity index (χ0v) is 8.62. The Morgan fingerprint density at radius 2 is 1.88 bits per heavy atom. The van der Waals surface area contributed by atoms with E-state index in [1.165, 1.54) is 0 Å². The van der Waals surface area contributed by atoms with Crippen LogP contribution in [0.1, 0.15) is 12.0 Å². The number of halogens is 2. The molecule has 0 amide bonds. The van der Waals surface area contributed by atoms with Gasteiger partial charge in [-0.1, -0.05) is 0 Å². The van der Waals surface area contributed by atoms with E-state index in [2.05, 4.69) is 0 Å². The predicted octanol–water partition coefficient (Wildman–Crippen LogP) is 1.56. The molecular weight excluding hydrogens is 216 g/mol. The molecule has 0 bridgehead atoms. The molecule has 0 aliphatic rings. The number of hydrogen-bond acceptors (Lipinski definition) is 2. The van der Waals surface area contributed by atoms with Crippen LogP contribution in [-0.2, 0) is 11.2 Å². The van der Waals surface area contributed by atoms with Gasteiger partial charge in [-0.2, -0.15) is 0 Å². The van der Waals surface area contributed by atoms with Crippen molar-refractivity contribution in [2.75, 3.05) is 6.54 Å². The van der Waals surface area contributed by atoms with Crippen LogP contribution < -0.4 is 5.73 Å². The van der Waals surface area contributed by atoms with Crippen LogP contribution in [0, 0.1) is 17.6 Å². The van der Waals surface area contributed by atoms with Gasteiger partial charge in [0.2, 0.25) is 0 Å². The van der Waals surface area contributed by atoms with Crippen molar-refractivity contribution in [3.63, 3.8) is 0 Å². The lowest BCUT2D eigenvalue weighted by atomic mass is 9.96. The molecule has 16 heavy (non-hydrogen) atoms. The fraction of sp³-hybridized carbons (Fsp3) is 0.364. The van der Waals surface area contributed by atoms with Crippen LogP contribution >= 0.6 is 0 Å². The van der Waals surface area contributed by atoms with E-state index in [0.717, 1.165) is 18.2 Å². The first-order valence-electron chi connectivity index (χ1n) is 4.90. The summed E-state index contributed by atoms with van der Waals surface area (Å²) in [4.78, 5) is 10.8. The fourth-order valence-electron chi connectivity index (χ4n) is 1.53. The van der Waals surface area contributed by atoms with Gasteiger partial charge >= 0.3 is 5.97 Å². The predicted molar refractivity (Wildman–Crippen MR) is 54.9 cm³/mol. The second-order valence-corrected chi connectivity index (χ2v) is 3.59. The average Bonchev–Trinajstić information content (AvgIpc) is 2.15. The van der Waals surface area contributed by atoms with Gasteiger partial charge in [-0.15, -0.1) is 0 Å². The second-order valence-electron chi connectivity index (χ2n) is 3.59. The number of benzene rings is 1. The number of hydrogen-bond donors (Lipinski definition) is 2. The first kappa shape index (κ1) is 12.6. The van der Waals surface area contributed by atoms with Crippen molar-refractivity contribution in [3.8, 4) is 0 Å². The number of carboxylic acid groups (broad SMARTS) is 1. The van der Waals surface area contributed by atoms with Gasteiger partial charge in [-0.05, 0) is 37.1 Å². The highest BCUT2D eigenvalue weighted by atomic mass is 19.1. The van der Waals surface area contributed by atoms with E-state index in [9.17, 15) is 13.6 Å². The van der Waals surface area contributed by atoms with Crippen molar-refractivity contribution >= 4 is 5.97 Å². The molecule has 1 unspecified atom stereocenters. The number of aliphatic carboxylic acids is 1. The Kier molecular flexibility index (Phi) is 4.37. The zero-order chi connectivity index (χ0) is 12.1. The van der Waals surface area contributed by atoms with Crippen LogP contribution in [0.5, 0.6) is 0 Å². The molecule has 1 atom stereocenters. The van der Waals surface area contributed by atoms with E-state index >= 15 is 0 Å². The van der Waals surface area contributed by atoms with Crippen molar-refractivity contribution in [3.05, 3.63) is 35.4 Å². The van der Waals surface area contributed by atoms with Crippen LogP contribution in [0.3, 0.4) is 0 Å². The normalized spacial score (nSPS) is 12.4.